The first-order chi connectivity index (χ1) is 15.2. The number of nitrogens with one attached hydrogen (secondary N) is 2. The highest BCUT2D eigenvalue weighted by molar-refractivity contribution is 7.80. The minimum Gasteiger partial charge on any atom is -0.463 e. The van der Waals surface area contributed by atoms with E-state index in [0.717, 1.165) is 16.9 Å². The molecule has 0 fully saturated rings. The predicted octanol–water partition coefficient (Wildman–Crippen LogP) is 4.97. The van der Waals surface area contributed by atoms with Crippen LogP contribution in [0.25, 0.3) is 5.70 Å². The molecular weight excluding hydrogens is 408 g/mol. The van der Waals surface area contributed by atoms with Gasteiger partial charge in [0, 0.05) is 0 Å². The number of rotatable bonds is 6. The largest absolute Gasteiger partial charge is 0.463 e. The van der Waals surface area contributed by atoms with Crippen LogP contribution >= 0.6 is 12.2 Å². The van der Waals surface area contributed by atoms with Gasteiger partial charge in [-0.3, -0.25) is 0 Å². The number of hydrogen-bond acceptors (Lipinski definition) is 4. The van der Waals surface area contributed by atoms with Gasteiger partial charge in [-0.05, 0) is 54.5 Å². The van der Waals surface area contributed by atoms with Crippen molar-refractivity contribution in [2.24, 2.45) is 0 Å². The van der Waals surface area contributed by atoms with Gasteiger partial charge < -0.3 is 20.1 Å². The van der Waals surface area contributed by atoms with Gasteiger partial charge in [0.1, 0.15) is 11.5 Å². The van der Waals surface area contributed by atoms with Gasteiger partial charge in [0.2, 0.25) is 0 Å². The van der Waals surface area contributed by atoms with Gasteiger partial charge in [-0.1, -0.05) is 60.7 Å². The summed E-state index contributed by atoms with van der Waals surface area (Å²) in [4.78, 5) is 13.0. The smallest absolute Gasteiger partial charge is 0.338 e. The summed E-state index contributed by atoms with van der Waals surface area (Å²) in [5.74, 6) is 1.00. The number of hydrogen-bond donors (Lipinski definition) is 2. The molecule has 0 saturated carbocycles. The van der Waals surface area contributed by atoms with E-state index in [2.05, 4.69) is 10.6 Å². The average molecular weight is 431 g/mol. The topological polar surface area (TPSA) is 59.6 Å². The third-order valence-electron chi connectivity index (χ3n) is 4.80. The average Bonchev–Trinajstić information content (AvgIpc) is 2.80. The molecule has 0 radical (unpaired) electrons. The van der Waals surface area contributed by atoms with Crippen molar-refractivity contribution in [1.29, 1.82) is 0 Å². The van der Waals surface area contributed by atoms with E-state index in [-0.39, 0.29) is 6.61 Å². The van der Waals surface area contributed by atoms with Crippen LogP contribution in [0, 0.1) is 0 Å². The number of carbonyl (C=O) groups excluding carboxylic acids is 1. The molecule has 0 bridgehead atoms. The van der Waals surface area contributed by atoms with Crippen LogP contribution in [0.2, 0.25) is 0 Å². The Kier molecular flexibility index (Phi) is 6.29. The van der Waals surface area contributed by atoms with Crippen LogP contribution in [0.5, 0.6) is 11.5 Å². The lowest BCUT2D eigenvalue weighted by molar-refractivity contribution is -0.138. The summed E-state index contributed by atoms with van der Waals surface area (Å²) < 4.78 is 11.4. The van der Waals surface area contributed by atoms with Crippen molar-refractivity contribution in [3.8, 4) is 11.5 Å². The third kappa shape index (κ3) is 4.75. The first-order valence-electron chi connectivity index (χ1n) is 10.0. The summed E-state index contributed by atoms with van der Waals surface area (Å²) in [6, 6.07) is 26.3. The van der Waals surface area contributed by atoms with Gasteiger partial charge in [-0.25, -0.2) is 4.79 Å². The maximum atomic E-state index is 13.0. The summed E-state index contributed by atoms with van der Waals surface area (Å²) in [7, 11) is 0. The summed E-state index contributed by atoms with van der Waals surface area (Å²) >= 11 is 5.46. The number of ether oxygens (including phenoxy) is 2. The molecule has 1 aliphatic rings. The second kappa shape index (κ2) is 9.45. The monoisotopic (exact) mass is 430 g/mol. The van der Waals surface area contributed by atoms with Crippen LogP contribution in [0.1, 0.15) is 24.1 Å². The summed E-state index contributed by atoms with van der Waals surface area (Å²) in [6.45, 7) is 2.07. The number of carbonyl (C=O) groups is 1. The van der Waals surface area contributed by atoms with E-state index in [1.807, 2.05) is 84.9 Å². The van der Waals surface area contributed by atoms with Crippen molar-refractivity contribution in [1.82, 2.24) is 10.6 Å². The highest BCUT2D eigenvalue weighted by Crippen LogP contribution is 2.34. The van der Waals surface area contributed by atoms with E-state index in [1.54, 1.807) is 6.92 Å². The molecule has 0 spiro atoms. The highest BCUT2D eigenvalue weighted by Gasteiger charge is 2.33. The van der Waals surface area contributed by atoms with Crippen LogP contribution in [0.4, 0.5) is 0 Å². The van der Waals surface area contributed by atoms with Crippen molar-refractivity contribution in [3.63, 3.8) is 0 Å². The molecule has 2 N–H and O–H groups in total. The fourth-order valence-electron chi connectivity index (χ4n) is 3.46. The van der Waals surface area contributed by atoms with Crippen molar-refractivity contribution in [2.45, 2.75) is 13.0 Å². The molecule has 0 aromatic heterocycles. The molecule has 1 aliphatic heterocycles. The third-order valence-corrected chi connectivity index (χ3v) is 5.02. The Bertz CT molecular complexity index is 1110. The van der Waals surface area contributed by atoms with Crippen LogP contribution in [-0.2, 0) is 9.53 Å². The summed E-state index contributed by atoms with van der Waals surface area (Å²) in [5.41, 5.74) is 2.81. The van der Waals surface area contributed by atoms with E-state index in [0.29, 0.717) is 22.1 Å². The molecule has 3 aromatic carbocycles. The maximum absolute atomic E-state index is 13.0. The van der Waals surface area contributed by atoms with Gasteiger partial charge in [0.05, 0.1) is 23.9 Å². The molecule has 0 amide bonds. The predicted molar refractivity (Wildman–Crippen MR) is 125 cm³/mol. The normalized spacial score (nSPS) is 15.6. The van der Waals surface area contributed by atoms with Crippen LogP contribution in [-0.4, -0.2) is 17.7 Å². The number of esters is 1. The maximum Gasteiger partial charge on any atom is 0.338 e. The zero-order chi connectivity index (χ0) is 21.6. The van der Waals surface area contributed by atoms with Crippen molar-refractivity contribution in [2.75, 3.05) is 6.61 Å². The molecule has 0 saturated heterocycles. The van der Waals surface area contributed by atoms with Crippen molar-refractivity contribution < 1.29 is 14.3 Å². The van der Waals surface area contributed by atoms with Crippen LogP contribution in [0.15, 0.2) is 90.5 Å². The van der Waals surface area contributed by atoms with E-state index < -0.39 is 12.0 Å². The minimum absolute atomic E-state index is 0.277. The summed E-state index contributed by atoms with van der Waals surface area (Å²) in [6.07, 6.45) is 0. The standard InChI is InChI=1S/C25H22N2O3S/c1-2-29-24(28)21-22(17-10-5-3-6-11-17)26-25(31)27-23(21)18-12-9-15-20(16-18)30-19-13-7-4-8-14-19/h3-16,23H,2H2,1H3,(H2,26,27,31)/t23-/m0/s1. The van der Waals surface area contributed by atoms with Gasteiger partial charge in [0.25, 0.3) is 0 Å². The Morgan fingerprint density at radius 1 is 0.935 bits per heavy atom. The van der Waals surface area contributed by atoms with Gasteiger partial charge in [-0.15, -0.1) is 0 Å². The zero-order valence-corrected chi connectivity index (χ0v) is 17.8. The van der Waals surface area contributed by atoms with Gasteiger partial charge in [-0.2, -0.15) is 0 Å². The van der Waals surface area contributed by atoms with Crippen molar-refractivity contribution in [3.05, 3.63) is 102 Å². The van der Waals surface area contributed by atoms with Crippen molar-refractivity contribution >= 4 is 29.0 Å². The highest BCUT2D eigenvalue weighted by atomic mass is 32.1. The minimum atomic E-state index is -0.484. The fourth-order valence-corrected chi connectivity index (χ4v) is 3.68. The Labute approximate surface area is 186 Å². The number of benzene rings is 3. The molecule has 6 heteroatoms. The fraction of sp³-hybridized carbons (Fsp3) is 0.120. The summed E-state index contributed by atoms with van der Waals surface area (Å²) in [5, 5.41) is 6.80. The lowest BCUT2D eigenvalue weighted by atomic mass is 9.92. The number of thiocarbonyl (C=S) groups is 1. The second-order valence-electron chi connectivity index (χ2n) is 6.89. The Morgan fingerprint density at radius 2 is 1.61 bits per heavy atom. The van der Waals surface area contributed by atoms with Gasteiger partial charge >= 0.3 is 5.97 Å². The van der Waals surface area contributed by atoms with Crippen LogP contribution < -0.4 is 15.4 Å². The second-order valence-corrected chi connectivity index (χ2v) is 7.30. The molecule has 156 valence electrons. The molecule has 4 rings (SSSR count). The Hall–Kier alpha value is -3.64. The van der Waals surface area contributed by atoms with E-state index in [9.17, 15) is 4.79 Å². The quantitative estimate of drug-likeness (QED) is 0.425. The molecule has 1 atom stereocenters. The Morgan fingerprint density at radius 3 is 2.32 bits per heavy atom. The lowest BCUT2D eigenvalue weighted by Gasteiger charge is -2.31. The SMILES string of the molecule is CCOC(=O)C1=C(c2ccccc2)NC(=S)N[C@H]1c1cccc(Oc2ccccc2)c1. The molecule has 5 nitrogen and oxygen atoms in total. The van der Waals surface area contributed by atoms with E-state index in [1.165, 1.54) is 0 Å². The molecule has 31 heavy (non-hydrogen) atoms. The lowest BCUT2D eigenvalue weighted by Crippen LogP contribution is -2.45. The van der Waals surface area contributed by atoms with E-state index in [4.69, 9.17) is 21.7 Å². The number of para-hydroxylation sites is 1. The molecular formula is C25H22N2O3S. The zero-order valence-electron chi connectivity index (χ0n) is 17.0. The van der Waals surface area contributed by atoms with E-state index >= 15 is 0 Å². The molecule has 0 unspecified atom stereocenters. The Balaban J connectivity index is 1.77. The van der Waals surface area contributed by atoms with Crippen LogP contribution in [0.3, 0.4) is 0 Å². The van der Waals surface area contributed by atoms with Gasteiger partial charge in [0.15, 0.2) is 5.11 Å². The first kappa shape index (κ1) is 20.6. The molecule has 0 aliphatic carbocycles. The molecule has 3 aromatic rings. The first-order valence-corrected chi connectivity index (χ1v) is 10.4. The molecule has 1 heterocycles.